The van der Waals surface area contributed by atoms with Crippen molar-refractivity contribution in [2.45, 2.75) is 0 Å². The molecule has 1 aromatic rings. The molecule has 0 bridgehead atoms. The quantitative estimate of drug-likeness (QED) is 0.739. The normalized spacial score (nSPS) is 11.4. The second-order valence-corrected chi connectivity index (χ2v) is 7.45. The summed E-state index contributed by atoms with van der Waals surface area (Å²) < 4.78 is 17.4. The van der Waals surface area contributed by atoms with Crippen molar-refractivity contribution < 1.29 is 27.7 Å². The molecule has 0 unspecified atom stereocenters. The van der Waals surface area contributed by atoms with Gasteiger partial charge in [0, 0.05) is 0 Å². The second kappa shape index (κ2) is 5.59. The van der Waals surface area contributed by atoms with E-state index in [1.54, 1.807) is 27.4 Å². The van der Waals surface area contributed by atoms with Gasteiger partial charge in [-0.25, -0.2) is 0 Å². The van der Waals surface area contributed by atoms with Crippen LogP contribution >= 0.6 is 0 Å². The number of hydrogen-bond donors (Lipinski definition) is 0. The van der Waals surface area contributed by atoms with E-state index in [0.29, 0.717) is 0 Å². The molecule has 4 heteroatoms. The SMILES string of the molecule is C=Cc1cccc[c]1[Ti]([O]C)([O]C)[O]C. The van der Waals surface area contributed by atoms with Gasteiger partial charge in [0.15, 0.2) is 0 Å². The van der Waals surface area contributed by atoms with Gasteiger partial charge in [0.2, 0.25) is 0 Å². The Hall–Kier alpha value is -0.446. The molecule has 1 rings (SSSR count). The zero-order valence-electron chi connectivity index (χ0n) is 9.32. The summed E-state index contributed by atoms with van der Waals surface area (Å²) in [6, 6.07) is 7.83. The molecule has 0 aliphatic carbocycles. The van der Waals surface area contributed by atoms with Crippen molar-refractivity contribution in [2.75, 3.05) is 21.3 Å². The Labute approximate surface area is 95.4 Å². The van der Waals surface area contributed by atoms with Gasteiger partial charge in [0.25, 0.3) is 0 Å². The van der Waals surface area contributed by atoms with E-state index in [2.05, 4.69) is 6.58 Å². The van der Waals surface area contributed by atoms with Crippen LogP contribution in [0.25, 0.3) is 6.08 Å². The van der Waals surface area contributed by atoms with Crippen molar-refractivity contribution >= 4 is 9.94 Å². The molecule has 0 saturated carbocycles. The van der Waals surface area contributed by atoms with Crippen LogP contribution in [0.15, 0.2) is 30.8 Å². The second-order valence-electron chi connectivity index (χ2n) is 2.96. The Morgan fingerprint density at radius 2 is 1.60 bits per heavy atom. The minimum absolute atomic E-state index is 0.986. The summed E-state index contributed by atoms with van der Waals surface area (Å²) in [5.74, 6) is 0. The molecule has 3 nitrogen and oxygen atoms in total. The predicted molar refractivity (Wildman–Crippen MR) is 57.2 cm³/mol. The van der Waals surface area contributed by atoms with Crippen LogP contribution < -0.4 is 3.87 Å². The first kappa shape index (κ1) is 12.6. The fraction of sp³-hybridized carbons (Fsp3) is 0.273. The van der Waals surface area contributed by atoms with Gasteiger partial charge in [0.05, 0.1) is 0 Å². The van der Waals surface area contributed by atoms with Crippen LogP contribution in [0.1, 0.15) is 5.56 Å². The fourth-order valence-corrected chi connectivity index (χ4v) is 4.66. The topological polar surface area (TPSA) is 27.7 Å². The molecular formula is C11H16O3Ti. The Bertz CT molecular complexity index is 326. The Morgan fingerprint density at radius 1 is 1.07 bits per heavy atom. The molecule has 0 spiro atoms. The monoisotopic (exact) mass is 244 g/mol. The van der Waals surface area contributed by atoms with Crippen LogP contribution in [0.4, 0.5) is 0 Å². The molecule has 0 fully saturated rings. The van der Waals surface area contributed by atoms with E-state index in [1.165, 1.54) is 0 Å². The minimum atomic E-state index is -3.28. The van der Waals surface area contributed by atoms with Crippen LogP contribution in [-0.4, -0.2) is 21.3 Å². The third-order valence-electron chi connectivity index (χ3n) is 2.32. The number of hydrogen-bond acceptors (Lipinski definition) is 3. The zero-order valence-corrected chi connectivity index (χ0v) is 10.9. The van der Waals surface area contributed by atoms with Crippen LogP contribution in [0.3, 0.4) is 0 Å². The molecule has 1 aromatic carbocycles. The van der Waals surface area contributed by atoms with E-state index in [-0.39, 0.29) is 0 Å². The van der Waals surface area contributed by atoms with Crippen LogP contribution in [0, 0.1) is 0 Å². The fourth-order valence-electron chi connectivity index (χ4n) is 1.53. The maximum absolute atomic E-state index is 5.46. The van der Waals surface area contributed by atoms with Gasteiger partial charge < -0.3 is 0 Å². The van der Waals surface area contributed by atoms with Crippen molar-refractivity contribution in [1.82, 2.24) is 0 Å². The Balaban J connectivity index is 3.27. The van der Waals surface area contributed by atoms with Crippen LogP contribution in [-0.2, 0) is 27.7 Å². The summed E-state index contributed by atoms with van der Waals surface area (Å²) >= 11 is -3.28. The average Bonchev–Trinajstić information content (AvgIpc) is 2.33. The molecule has 0 heterocycles. The molecule has 0 amide bonds. The molecule has 0 aliphatic rings. The number of benzene rings is 1. The maximum atomic E-state index is 5.46. The first-order chi connectivity index (χ1) is 7.24. The summed E-state index contributed by atoms with van der Waals surface area (Å²) in [5.41, 5.74) is 1.00. The Kier molecular flexibility index (Phi) is 4.70. The first-order valence-electron chi connectivity index (χ1n) is 4.61. The van der Waals surface area contributed by atoms with E-state index < -0.39 is 17.8 Å². The third kappa shape index (κ3) is 2.38. The van der Waals surface area contributed by atoms with E-state index in [4.69, 9.17) is 9.96 Å². The molecule has 15 heavy (non-hydrogen) atoms. The van der Waals surface area contributed by atoms with Gasteiger partial charge in [-0.3, -0.25) is 0 Å². The molecule has 0 aliphatic heterocycles. The van der Waals surface area contributed by atoms with Crippen molar-refractivity contribution in [3.8, 4) is 0 Å². The van der Waals surface area contributed by atoms with Gasteiger partial charge in [-0.2, -0.15) is 0 Å². The van der Waals surface area contributed by atoms with Crippen LogP contribution in [0.2, 0.25) is 0 Å². The molecule has 0 N–H and O–H groups in total. The molecule has 0 atom stereocenters. The number of rotatable bonds is 5. The third-order valence-corrected chi connectivity index (χ3v) is 6.58. The summed E-state index contributed by atoms with van der Waals surface area (Å²) in [5, 5.41) is 0. The van der Waals surface area contributed by atoms with Crippen molar-refractivity contribution in [3.63, 3.8) is 0 Å². The molecule has 0 aromatic heterocycles. The molecule has 0 saturated heterocycles. The van der Waals surface area contributed by atoms with E-state index in [0.717, 1.165) is 9.43 Å². The van der Waals surface area contributed by atoms with Gasteiger partial charge >= 0.3 is 95.4 Å². The van der Waals surface area contributed by atoms with Crippen LogP contribution in [0.5, 0.6) is 0 Å². The van der Waals surface area contributed by atoms with E-state index in [1.807, 2.05) is 24.3 Å². The molecule has 0 radical (unpaired) electrons. The van der Waals surface area contributed by atoms with Crippen molar-refractivity contribution in [3.05, 3.63) is 36.4 Å². The zero-order chi connectivity index (χ0) is 11.3. The Morgan fingerprint density at radius 3 is 2.07 bits per heavy atom. The summed E-state index contributed by atoms with van der Waals surface area (Å²) in [6.45, 7) is 3.77. The molecule has 82 valence electrons. The van der Waals surface area contributed by atoms with Crippen molar-refractivity contribution in [2.24, 2.45) is 0 Å². The van der Waals surface area contributed by atoms with Gasteiger partial charge in [-0.1, -0.05) is 0 Å². The molecular weight excluding hydrogens is 228 g/mol. The van der Waals surface area contributed by atoms with Gasteiger partial charge in [-0.15, -0.1) is 0 Å². The summed E-state index contributed by atoms with van der Waals surface area (Å²) in [7, 11) is 4.85. The van der Waals surface area contributed by atoms with Crippen molar-refractivity contribution in [1.29, 1.82) is 0 Å². The van der Waals surface area contributed by atoms with Gasteiger partial charge in [0.1, 0.15) is 0 Å². The van der Waals surface area contributed by atoms with Gasteiger partial charge in [-0.05, 0) is 0 Å². The predicted octanol–water partition coefficient (Wildman–Crippen LogP) is 1.79. The summed E-state index contributed by atoms with van der Waals surface area (Å²) in [6.07, 6.45) is 1.78. The summed E-state index contributed by atoms with van der Waals surface area (Å²) in [4.78, 5) is 0. The average molecular weight is 244 g/mol. The standard InChI is InChI=1S/C8H7.3CH3O.Ti/c1-2-8-6-4-3-5-7-8;3*1-2;/h2-6H,1H2;3*1H3;/q;3*-1;+3. The first-order valence-corrected chi connectivity index (χ1v) is 7.30. The van der Waals surface area contributed by atoms with E-state index >= 15 is 0 Å². The van der Waals surface area contributed by atoms with E-state index in [9.17, 15) is 0 Å².